The number of carbonyl (C=O) groups excluding carboxylic acids is 8. The van der Waals surface area contributed by atoms with Gasteiger partial charge in [-0.3, -0.25) is 38.4 Å². The number of carbonyl (C=O) groups is 8. The van der Waals surface area contributed by atoms with Crippen LogP contribution in [0.4, 0.5) is 0 Å². The molecule has 0 aromatic heterocycles. The van der Waals surface area contributed by atoms with Gasteiger partial charge in [-0.2, -0.15) is 0 Å². The number of ether oxygens (including phenoxy) is 8. The Balaban J connectivity index is 2.69. The molecule has 2 fully saturated rings. The van der Waals surface area contributed by atoms with E-state index >= 15 is 0 Å². The molecule has 2 aliphatic carbocycles. The summed E-state index contributed by atoms with van der Waals surface area (Å²) in [5.74, 6) is -7.53. The van der Waals surface area contributed by atoms with Crippen LogP contribution in [0, 0.1) is 11.8 Å². The van der Waals surface area contributed by atoms with Crippen molar-refractivity contribution in [3.8, 4) is 0 Å². The molecule has 0 saturated heterocycles. The molecule has 1 N–H and O–H groups in total. The fourth-order valence-corrected chi connectivity index (χ4v) is 5.98. The van der Waals surface area contributed by atoms with Crippen LogP contribution in [0.15, 0.2) is 0 Å². The molecule has 47 heavy (non-hydrogen) atoms. The minimum absolute atomic E-state index is 0.00948. The molecule has 0 radical (unpaired) electrons. The summed E-state index contributed by atoms with van der Waals surface area (Å²) < 4.78 is 43.8. The van der Waals surface area contributed by atoms with Gasteiger partial charge in [0.15, 0.2) is 24.4 Å². The SMILES string of the molecule is CC(=O)OC[C@H]1C[C@H](N[C@H]2C[C@H](COC(C)=O)[C@@H](OC(C)=O)[C@H](OC(C)=O)[C@H]2OC(C)=O)[C@H](OC(C)=O)[C@@H](OC(C)=O)[C@@H]1OC(C)=O. The minimum atomic E-state index is -1.39. The standard InChI is InChI=1S/C30H43NO16/c1-13(32)40-11-21-9-23(27(44-17(5)36)29(46-19(7)38)25(21)42-15(3)34)31-24-10-22(12-41-14(2)33)26(43-16(4)35)30(47-20(8)39)28(24)45-18(6)37/h21-31H,9-12H2,1-8H3/t21-,22-,23+,24+,25-,26-,27+,28+,29+,30+/m1/s1. The molecule has 2 saturated carbocycles. The number of hydrogen-bond acceptors (Lipinski definition) is 17. The molecule has 2 rings (SSSR count). The Labute approximate surface area is 271 Å². The molecular formula is C30H43NO16. The maximum Gasteiger partial charge on any atom is 0.303 e. The summed E-state index contributed by atoms with van der Waals surface area (Å²) in [4.78, 5) is 96.9. The molecule has 0 unspecified atom stereocenters. The van der Waals surface area contributed by atoms with Gasteiger partial charge in [-0.25, -0.2) is 0 Å². The molecule has 0 bridgehead atoms. The Kier molecular flexibility index (Phi) is 14.6. The number of nitrogens with one attached hydrogen (secondary N) is 1. The second-order valence-corrected chi connectivity index (χ2v) is 11.4. The Morgan fingerprint density at radius 3 is 0.915 bits per heavy atom. The van der Waals surface area contributed by atoms with E-state index in [1.165, 1.54) is 13.8 Å². The van der Waals surface area contributed by atoms with Crippen molar-refractivity contribution in [2.45, 2.75) is 117 Å². The van der Waals surface area contributed by atoms with Crippen LogP contribution in [-0.2, 0) is 76.3 Å². The first-order valence-electron chi connectivity index (χ1n) is 15.0. The van der Waals surface area contributed by atoms with Crippen molar-refractivity contribution < 1.29 is 76.3 Å². The Morgan fingerprint density at radius 2 is 0.660 bits per heavy atom. The van der Waals surface area contributed by atoms with Crippen molar-refractivity contribution >= 4 is 47.8 Å². The Morgan fingerprint density at radius 1 is 0.404 bits per heavy atom. The summed E-state index contributed by atoms with van der Waals surface area (Å²) in [7, 11) is 0. The summed E-state index contributed by atoms with van der Waals surface area (Å²) >= 11 is 0. The summed E-state index contributed by atoms with van der Waals surface area (Å²) in [5, 5.41) is 3.26. The topological polar surface area (TPSA) is 222 Å². The minimum Gasteiger partial charge on any atom is -0.465 e. The van der Waals surface area contributed by atoms with Gasteiger partial charge in [-0.1, -0.05) is 0 Å². The van der Waals surface area contributed by atoms with Crippen LogP contribution >= 0.6 is 0 Å². The second kappa shape index (κ2) is 17.6. The van der Waals surface area contributed by atoms with E-state index in [2.05, 4.69) is 5.32 Å². The summed E-state index contributed by atoms with van der Waals surface area (Å²) in [5.41, 5.74) is 0. The fraction of sp³-hybridized carbons (Fsp3) is 0.733. The number of esters is 8. The molecule has 0 aromatic rings. The fourth-order valence-electron chi connectivity index (χ4n) is 5.98. The van der Waals surface area contributed by atoms with Gasteiger partial charge in [-0.15, -0.1) is 0 Å². The molecule has 17 heteroatoms. The third kappa shape index (κ3) is 12.1. The van der Waals surface area contributed by atoms with Crippen LogP contribution in [0.3, 0.4) is 0 Å². The van der Waals surface area contributed by atoms with Crippen LogP contribution in [-0.4, -0.2) is 110 Å². The molecule has 0 heterocycles. The zero-order chi connectivity index (χ0) is 35.6. The lowest BCUT2D eigenvalue weighted by Gasteiger charge is -2.49. The van der Waals surface area contributed by atoms with E-state index in [0.29, 0.717) is 0 Å². The van der Waals surface area contributed by atoms with E-state index in [0.717, 1.165) is 41.5 Å². The number of hydrogen-bond donors (Lipinski definition) is 1. The van der Waals surface area contributed by atoms with Crippen molar-refractivity contribution in [1.82, 2.24) is 5.32 Å². The first kappa shape index (κ1) is 38.9. The normalized spacial score (nSPS) is 30.0. The van der Waals surface area contributed by atoms with Gasteiger partial charge in [0.25, 0.3) is 0 Å². The average molecular weight is 674 g/mol. The van der Waals surface area contributed by atoms with E-state index in [9.17, 15) is 38.4 Å². The summed E-state index contributed by atoms with van der Waals surface area (Å²) in [6.07, 6.45) is -7.85. The highest BCUT2D eigenvalue weighted by Crippen LogP contribution is 2.37. The second-order valence-electron chi connectivity index (χ2n) is 11.4. The van der Waals surface area contributed by atoms with E-state index in [-0.39, 0.29) is 26.1 Å². The van der Waals surface area contributed by atoms with Crippen molar-refractivity contribution in [3.63, 3.8) is 0 Å². The van der Waals surface area contributed by atoms with Crippen LogP contribution in [0.1, 0.15) is 68.2 Å². The average Bonchev–Trinajstić information content (AvgIpc) is 2.91. The maximum absolute atomic E-state index is 12.3. The van der Waals surface area contributed by atoms with Crippen LogP contribution in [0.25, 0.3) is 0 Å². The van der Waals surface area contributed by atoms with Gasteiger partial charge in [0.2, 0.25) is 0 Å². The van der Waals surface area contributed by atoms with Gasteiger partial charge >= 0.3 is 47.8 Å². The van der Waals surface area contributed by atoms with Gasteiger partial charge in [0.05, 0.1) is 13.2 Å². The quantitative estimate of drug-likeness (QED) is 0.214. The molecule has 10 atom stereocenters. The molecule has 0 spiro atoms. The predicted molar refractivity (Wildman–Crippen MR) is 154 cm³/mol. The van der Waals surface area contributed by atoms with Crippen LogP contribution < -0.4 is 5.32 Å². The molecule has 17 nitrogen and oxygen atoms in total. The van der Waals surface area contributed by atoms with Crippen LogP contribution in [0.2, 0.25) is 0 Å². The van der Waals surface area contributed by atoms with E-state index in [4.69, 9.17) is 37.9 Å². The van der Waals surface area contributed by atoms with Gasteiger partial charge in [-0.05, 0) is 12.8 Å². The van der Waals surface area contributed by atoms with E-state index in [1.807, 2.05) is 0 Å². The molecule has 0 aliphatic heterocycles. The first-order valence-corrected chi connectivity index (χ1v) is 15.0. The van der Waals surface area contributed by atoms with Gasteiger partial charge in [0.1, 0.15) is 12.2 Å². The predicted octanol–water partition coefficient (Wildman–Crippen LogP) is 0.0694. The first-order chi connectivity index (χ1) is 21.9. The summed E-state index contributed by atoms with van der Waals surface area (Å²) in [6, 6.07) is -1.92. The van der Waals surface area contributed by atoms with Crippen molar-refractivity contribution in [3.05, 3.63) is 0 Å². The lowest BCUT2D eigenvalue weighted by molar-refractivity contribution is -0.211. The van der Waals surface area contributed by atoms with E-state index < -0.39 is 108 Å². The third-order valence-corrected chi connectivity index (χ3v) is 7.37. The van der Waals surface area contributed by atoms with Gasteiger partial charge in [0, 0.05) is 79.3 Å². The Hall–Kier alpha value is -4.28. The highest BCUT2D eigenvalue weighted by atomic mass is 16.6. The lowest BCUT2D eigenvalue weighted by Crippen LogP contribution is -2.68. The zero-order valence-electron chi connectivity index (χ0n) is 27.6. The molecule has 0 aromatic carbocycles. The zero-order valence-corrected chi connectivity index (χ0v) is 27.6. The number of rotatable bonds is 12. The molecule has 2 aliphatic rings. The highest BCUT2D eigenvalue weighted by Gasteiger charge is 2.55. The van der Waals surface area contributed by atoms with Crippen molar-refractivity contribution in [2.75, 3.05) is 13.2 Å². The third-order valence-electron chi connectivity index (χ3n) is 7.37. The molecule has 264 valence electrons. The van der Waals surface area contributed by atoms with Crippen LogP contribution in [0.5, 0.6) is 0 Å². The lowest BCUT2D eigenvalue weighted by atomic mass is 9.76. The molecule has 0 amide bonds. The van der Waals surface area contributed by atoms with Crippen molar-refractivity contribution in [1.29, 1.82) is 0 Å². The van der Waals surface area contributed by atoms with E-state index in [1.54, 1.807) is 0 Å². The maximum atomic E-state index is 12.3. The van der Waals surface area contributed by atoms with Crippen molar-refractivity contribution in [2.24, 2.45) is 11.8 Å². The molecular weight excluding hydrogens is 630 g/mol. The van der Waals surface area contributed by atoms with Gasteiger partial charge < -0.3 is 43.2 Å². The Bertz CT molecular complexity index is 1110. The monoisotopic (exact) mass is 673 g/mol. The largest absolute Gasteiger partial charge is 0.465 e. The summed E-state index contributed by atoms with van der Waals surface area (Å²) in [6.45, 7) is 8.47. The smallest absolute Gasteiger partial charge is 0.303 e. The highest BCUT2D eigenvalue weighted by molar-refractivity contribution is 5.70.